The van der Waals surface area contributed by atoms with Crippen LogP contribution in [0.3, 0.4) is 0 Å². The molecule has 1 atom stereocenters. The summed E-state index contributed by atoms with van der Waals surface area (Å²) < 4.78 is 5.23. The van der Waals surface area contributed by atoms with Gasteiger partial charge in [0.25, 0.3) is 0 Å². The van der Waals surface area contributed by atoms with E-state index in [0.29, 0.717) is 23.0 Å². The average Bonchev–Trinajstić information content (AvgIpc) is 2.67. The molecule has 28 heavy (non-hydrogen) atoms. The molecule has 0 bridgehead atoms. The summed E-state index contributed by atoms with van der Waals surface area (Å²) in [6.45, 7) is 4.60. The number of methoxy groups -OCH3 is 1. The number of carbonyl (C=O) groups excluding carboxylic acids is 2. The molecule has 0 unspecified atom stereocenters. The van der Waals surface area contributed by atoms with Gasteiger partial charge in [0.1, 0.15) is 5.75 Å². The average molecular weight is 404 g/mol. The SMILES string of the molecule is CCN(CC(=O)Nc1ccccc1OC)CC(=O)N[C@H](C)c1cccc(Cl)c1. The standard InChI is InChI=1S/C21H26ClN3O3/c1-4-25(14-21(27)24-18-10-5-6-11-19(18)28-3)13-20(26)23-15(2)16-8-7-9-17(22)12-16/h5-12,15H,4,13-14H2,1-3H3,(H,23,26)(H,24,27)/t15-/m1/s1. The number of nitrogens with zero attached hydrogens (tertiary/aromatic N) is 1. The molecule has 0 saturated heterocycles. The zero-order chi connectivity index (χ0) is 20.5. The lowest BCUT2D eigenvalue weighted by Crippen LogP contribution is -2.41. The summed E-state index contributed by atoms with van der Waals surface area (Å²) in [5.41, 5.74) is 1.53. The Kier molecular flexibility index (Phi) is 8.29. The number of likely N-dealkylation sites (N-methyl/N-ethyl adjacent to an activating group) is 1. The van der Waals surface area contributed by atoms with Gasteiger partial charge in [0, 0.05) is 5.02 Å². The number of hydrogen-bond acceptors (Lipinski definition) is 4. The molecule has 150 valence electrons. The van der Waals surface area contributed by atoms with Crippen LogP contribution in [0.5, 0.6) is 5.75 Å². The molecule has 2 aromatic rings. The maximum Gasteiger partial charge on any atom is 0.238 e. The molecular formula is C21H26ClN3O3. The van der Waals surface area contributed by atoms with Crippen LogP contribution in [0, 0.1) is 0 Å². The van der Waals surface area contributed by atoms with Gasteiger partial charge in [-0.05, 0) is 43.3 Å². The molecule has 0 fully saturated rings. The minimum atomic E-state index is -0.206. The Balaban J connectivity index is 1.88. The van der Waals surface area contributed by atoms with E-state index in [1.165, 1.54) is 0 Å². The van der Waals surface area contributed by atoms with E-state index in [2.05, 4.69) is 10.6 Å². The quantitative estimate of drug-likeness (QED) is 0.672. The predicted molar refractivity (Wildman–Crippen MR) is 112 cm³/mol. The summed E-state index contributed by atoms with van der Waals surface area (Å²) in [6, 6.07) is 14.4. The van der Waals surface area contributed by atoms with Crippen LogP contribution in [-0.2, 0) is 9.59 Å². The van der Waals surface area contributed by atoms with Crippen LogP contribution in [0.2, 0.25) is 5.02 Å². The molecule has 0 aromatic heterocycles. The largest absolute Gasteiger partial charge is 0.495 e. The zero-order valence-corrected chi connectivity index (χ0v) is 17.1. The van der Waals surface area contributed by atoms with Crippen LogP contribution < -0.4 is 15.4 Å². The summed E-state index contributed by atoms with van der Waals surface area (Å²) >= 11 is 6.00. The van der Waals surface area contributed by atoms with Crippen LogP contribution in [0.1, 0.15) is 25.5 Å². The van der Waals surface area contributed by atoms with Crippen molar-refractivity contribution in [2.45, 2.75) is 19.9 Å². The second kappa shape index (κ2) is 10.7. The van der Waals surface area contributed by atoms with Crippen LogP contribution >= 0.6 is 11.6 Å². The predicted octanol–water partition coefficient (Wildman–Crippen LogP) is 3.49. The Morgan fingerprint density at radius 2 is 1.82 bits per heavy atom. The van der Waals surface area contributed by atoms with Gasteiger partial charge in [-0.25, -0.2) is 0 Å². The molecule has 2 N–H and O–H groups in total. The Morgan fingerprint density at radius 3 is 2.50 bits per heavy atom. The van der Waals surface area contributed by atoms with E-state index in [9.17, 15) is 9.59 Å². The summed E-state index contributed by atoms with van der Waals surface area (Å²) in [7, 11) is 1.55. The van der Waals surface area contributed by atoms with E-state index in [0.717, 1.165) is 5.56 Å². The number of rotatable bonds is 9. The number of ether oxygens (including phenoxy) is 1. The Labute approximate surface area is 170 Å². The third-order valence-electron chi connectivity index (χ3n) is 4.29. The fourth-order valence-corrected chi connectivity index (χ4v) is 2.97. The van der Waals surface area contributed by atoms with Crippen molar-refractivity contribution in [1.82, 2.24) is 10.2 Å². The van der Waals surface area contributed by atoms with Gasteiger partial charge in [0.15, 0.2) is 0 Å². The highest BCUT2D eigenvalue weighted by Crippen LogP contribution is 2.22. The molecule has 0 radical (unpaired) electrons. The maximum atomic E-state index is 12.4. The van der Waals surface area contributed by atoms with Crippen molar-refractivity contribution in [2.24, 2.45) is 0 Å². The van der Waals surface area contributed by atoms with Crippen LogP contribution in [-0.4, -0.2) is 43.5 Å². The maximum absolute atomic E-state index is 12.4. The first-order valence-electron chi connectivity index (χ1n) is 9.13. The second-order valence-corrected chi connectivity index (χ2v) is 6.83. The monoisotopic (exact) mass is 403 g/mol. The van der Waals surface area contributed by atoms with Gasteiger partial charge in [0.2, 0.25) is 11.8 Å². The molecular weight excluding hydrogens is 378 g/mol. The highest BCUT2D eigenvalue weighted by atomic mass is 35.5. The van der Waals surface area contributed by atoms with Gasteiger partial charge in [-0.2, -0.15) is 0 Å². The molecule has 6 nitrogen and oxygen atoms in total. The molecule has 2 aromatic carbocycles. The third kappa shape index (κ3) is 6.55. The number of benzene rings is 2. The lowest BCUT2D eigenvalue weighted by atomic mass is 10.1. The number of para-hydroxylation sites is 2. The first-order chi connectivity index (χ1) is 13.4. The molecule has 0 spiro atoms. The van der Waals surface area contributed by atoms with E-state index >= 15 is 0 Å². The summed E-state index contributed by atoms with van der Waals surface area (Å²) in [4.78, 5) is 26.5. The van der Waals surface area contributed by atoms with E-state index in [1.54, 1.807) is 30.2 Å². The summed E-state index contributed by atoms with van der Waals surface area (Å²) in [5, 5.41) is 6.39. The number of carbonyl (C=O) groups is 2. The van der Waals surface area contributed by atoms with Crippen LogP contribution in [0.15, 0.2) is 48.5 Å². The van der Waals surface area contributed by atoms with Gasteiger partial charge in [-0.3, -0.25) is 14.5 Å². The molecule has 2 amide bonds. The van der Waals surface area contributed by atoms with Crippen molar-refractivity contribution in [3.8, 4) is 5.75 Å². The van der Waals surface area contributed by atoms with Gasteiger partial charge in [0.05, 0.1) is 31.9 Å². The Hall–Kier alpha value is -2.57. The molecule has 0 aliphatic heterocycles. The molecule has 0 aliphatic carbocycles. The second-order valence-electron chi connectivity index (χ2n) is 6.40. The van der Waals surface area contributed by atoms with E-state index < -0.39 is 0 Å². The smallest absolute Gasteiger partial charge is 0.238 e. The van der Waals surface area contributed by atoms with E-state index in [-0.39, 0.29) is 30.9 Å². The lowest BCUT2D eigenvalue weighted by molar-refractivity contribution is -0.123. The normalized spacial score (nSPS) is 11.8. The van der Waals surface area contributed by atoms with Crippen molar-refractivity contribution < 1.29 is 14.3 Å². The minimum absolute atomic E-state index is 0.105. The molecule has 0 heterocycles. The van der Waals surface area contributed by atoms with Crippen molar-refractivity contribution >= 4 is 29.1 Å². The lowest BCUT2D eigenvalue weighted by Gasteiger charge is -2.21. The third-order valence-corrected chi connectivity index (χ3v) is 4.52. The van der Waals surface area contributed by atoms with Crippen molar-refractivity contribution in [1.29, 1.82) is 0 Å². The van der Waals surface area contributed by atoms with Crippen LogP contribution in [0.25, 0.3) is 0 Å². The first-order valence-corrected chi connectivity index (χ1v) is 9.50. The van der Waals surface area contributed by atoms with Gasteiger partial charge < -0.3 is 15.4 Å². The van der Waals surface area contributed by atoms with Crippen molar-refractivity contribution in [2.75, 3.05) is 32.1 Å². The van der Waals surface area contributed by atoms with Gasteiger partial charge >= 0.3 is 0 Å². The fraction of sp³-hybridized carbons (Fsp3) is 0.333. The Bertz CT molecular complexity index is 813. The molecule has 0 aliphatic rings. The number of halogens is 1. The highest BCUT2D eigenvalue weighted by molar-refractivity contribution is 6.30. The molecule has 7 heteroatoms. The first kappa shape index (κ1) is 21.7. The van der Waals surface area contributed by atoms with Gasteiger partial charge in [-0.1, -0.05) is 42.8 Å². The van der Waals surface area contributed by atoms with E-state index in [1.807, 2.05) is 44.2 Å². The summed E-state index contributed by atoms with van der Waals surface area (Å²) in [6.07, 6.45) is 0. The molecule has 2 rings (SSSR count). The van der Waals surface area contributed by atoms with Gasteiger partial charge in [-0.15, -0.1) is 0 Å². The summed E-state index contributed by atoms with van der Waals surface area (Å²) in [5.74, 6) is 0.230. The van der Waals surface area contributed by atoms with Crippen molar-refractivity contribution in [3.63, 3.8) is 0 Å². The fourth-order valence-electron chi connectivity index (χ4n) is 2.77. The zero-order valence-electron chi connectivity index (χ0n) is 16.4. The minimum Gasteiger partial charge on any atom is -0.495 e. The number of amides is 2. The number of nitrogens with one attached hydrogen (secondary N) is 2. The van der Waals surface area contributed by atoms with Crippen molar-refractivity contribution in [3.05, 3.63) is 59.1 Å². The Morgan fingerprint density at radius 1 is 1.11 bits per heavy atom. The van der Waals surface area contributed by atoms with Crippen LogP contribution in [0.4, 0.5) is 5.69 Å². The number of hydrogen-bond donors (Lipinski definition) is 2. The molecule has 0 saturated carbocycles. The number of anilines is 1. The topological polar surface area (TPSA) is 70.7 Å². The van der Waals surface area contributed by atoms with E-state index in [4.69, 9.17) is 16.3 Å². The highest BCUT2D eigenvalue weighted by Gasteiger charge is 2.16.